The molecule has 0 heterocycles. The summed E-state index contributed by atoms with van der Waals surface area (Å²) in [6.07, 6.45) is 28.2. The van der Waals surface area contributed by atoms with Crippen molar-refractivity contribution in [3.8, 4) is 0 Å². The fraction of sp³-hybridized carbons (Fsp3) is 1.00. The Morgan fingerprint density at radius 3 is 0.892 bits per heavy atom. The molecule has 0 amide bonds. The molecule has 0 fully saturated rings. The fourth-order valence-electron chi connectivity index (χ4n) is 3.95. The molecular formula is C24H50O13. The first-order chi connectivity index (χ1) is 18.4. The number of rotatable bonds is 34. The van der Waals surface area contributed by atoms with E-state index in [0.29, 0.717) is 13.2 Å². The van der Waals surface area contributed by atoms with Crippen molar-refractivity contribution < 1.29 is 65.6 Å². The Hall–Kier alpha value is -0.520. The highest BCUT2D eigenvalue weighted by Gasteiger charge is 1.99. The third kappa shape index (κ3) is 35.5. The van der Waals surface area contributed by atoms with Gasteiger partial charge in [0.05, 0.1) is 6.61 Å². The van der Waals surface area contributed by atoms with Crippen molar-refractivity contribution in [1.82, 2.24) is 0 Å². The number of aliphatic hydroxyl groups is 1. The van der Waals surface area contributed by atoms with Gasteiger partial charge in [0.15, 0.2) is 0 Å². The van der Waals surface area contributed by atoms with Gasteiger partial charge in [-0.15, -0.1) is 0 Å². The third-order valence-corrected chi connectivity index (χ3v) is 5.94. The van der Waals surface area contributed by atoms with Crippen molar-refractivity contribution in [2.24, 2.45) is 0 Å². The van der Waals surface area contributed by atoms with E-state index in [9.17, 15) is 0 Å². The molecule has 13 nitrogen and oxygen atoms in total. The van der Waals surface area contributed by atoms with Crippen LogP contribution in [0.4, 0.5) is 0 Å². The predicted molar refractivity (Wildman–Crippen MR) is 128 cm³/mol. The van der Waals surface area contributed by atoms with Gasteiger partial charge in [-0.05, 0) is 63.2 Å². The quantitative estimate of drug-likeness (QED) is 0.0471. The van der Waals surface area contributed by atoms with E-state index in [4.69, 9.17) is 15.3 Å². The lowest BCUT2D eigenvalue weighted by molar-refractivity contribution is -0.862. The van der Waals surface area contributed by atoms with Crippen molar-refractivity contribution >= 4 is 0 Å². The van der Waals surface area contributed by atoms with Crippen LogP contribution in [0, 0.1) is 0 Å². The number of unbranched alkanes of at least 4 members (excludes halogenated alkanes) is 21. The molecule has 37 heavy (non-hydrogen) atoms. The van der Waals surface area contributed by atoms with Gasteiger partial charge in [-0.1, -0.05) is 128 Å². The third-order valence-electron chi connectivity index (χ3n) is 5.94. The van der Waals surface area contributed by atoms with Crippen LogP contribution in [-0.2, 0) is 55.3 Å². The molecule has 13 heteroatoms. The maximum absolute atomic E-state index is 8.76. The molecule has 0 aromatic rings. The van der Waals surface area contributed by atoms with E-state index in [2.05, 4.69) is 50.4 Å². The highest BCUT2D eigenvalue weighted by molar-refractivity contribution is 4.51. The molecule has 0 saturated carbocycles. The summed E-state index contributed by atoms with van der Waals surface area (Å²) in [6.45, 7) is 0.682. The van der Waals surface area contributed by atoms with E-state index >= 15 is 0 Å². The summed E-state index contributed by atoms with van der Waals surface area (Å²) in [5.74, 6) is 0. The molecule has 2 N–H and O–H groups in total. The van der Waals surface area contributed by atoms with E-state index in [0.717, 1.165) is 25.7 Å². The fourth-order valence-corrected chi connectivity index (χ4v) is 3.95. The molecule has 224 valence electrons. The van der Waals surface area contributed by atoms with Crippen LogP contribution < -0.4 is 0 Å². The summed E-state index contributed by atoms with van der Waals surface area (Å²) in [7, 11) is 0. The van der Waals surface area contributed by atoms with Crippen LogP contribution in [0.15, 0.2) is 0 Å². The van der Waals surface area contributed by atoms with E-state index < -0.39 is 0 Å². The minimum atomic E-state index is 0.336. The van der Waals surface area contributed by atoms with Crippen molar-refractivity contribution in [2.45, 2.75) is 141 Å². The van der Waals surface area contributed by atoms with Crippen LogP contribution in [0.3, 0.4) is 0 Å². The molecule has 0 aliphatic rings. The highest BCUT2D eigenvalue weighted by Crippen LogP contribution is 2.15. The van der Waals surface area contributed by atoms with Crippen molar-refractivity contribution in [3.05, 3.63) is 0 Å². The van der Waals surface area contributed by atoms with Crippen LogP contribution in [0.5, 0.6) is 0 Å². The predicted octanol–water partition coefficient (Wildman–Crippen LogP) is 7.37. The standard InChI is InChI=1S/C24H50O13/c25-23-21-19-17-15-13-11-9-7-5-3-1-2-4-6-8-10-12-14-16-18-20-22-24-27-29-31-33-35-37-36-34-32-30-28-26/h25-26H,1-24H2. The minimum Gasteiger partial charge on any atom is -0.396 e. The zero-order valence-corrected chi connectivity index (χ0v) is 22.4. The summed E-state index contributed by atoms with van der Waals surface area (Å²) >= 11 is 0. The lowest BCUT2D eigenvalue weighted by Crippen LogP contribution is -2.04. The summed E-state index contributed by atoms with van der Waals surface area (Å²) in [4.78, 5) is 4.69. The zero-order valence-electron chi connectivity index (χ0n) is 22.4. The molecule has 0 aromatic carbocycles. The first-order valence-electron chi connectivity index (χ1n) is 14.0. The van der Waals surface area contributed by atoms with Crippen LogP contribution in [-0.4, -0.2) is 23.6 Å². The molecule has 0 aliphatic heterocycles. The van der Waals surface area contributed by atoms with E-state index in [-0.39, 0.29) is 0 Å². The van der Waals surface area contributed by atoms with Gasteiger partial charge in [0.2, 0.25) is 0 Å². The normalized spacial score (nSPS) is 11.5. The Kier molecular flexibility index (Phi) is 35.0. The average Bonchev–Trinajstić information content (AvgIpc) is 2.91. The van der Waals surface area contributed by atoms with Crippen LogP contribution in [0.25, 0.3) is 0 Å². The smallest absolute Gasteiger partial charge is 0.0855 e. The largest absolute Gasteiger partial charge is 0.396 e. The van der Waals surface area contributed by atoms with Gasteiger partial charge in [-0.25, -0.2) is 10.1 Å². The Balaban J connectivity index is 3.00. The number of aliphatic hydroxyl groups excluding tert-OH is 1. The van der Waals surface area contributed by atoms with Crippen LogP contribution in [0.2, 0.25) is 0 Å². The Morgan fingerprint density at radius 1 is 0.297 bits per heavy atom. The summed E-state index contributed by atoms with van der Waals surface area (Å²) < 4.78 is 0. The van der Waals surface area contributed by atoms with Gasteiger partial charge in [-0.3, -0.25) is 0 Å². The van der Waals surface area contributed by atoms with Crippen molar-refractivity contribution in [1.29, 1.82) is 0 Å². The SMILES string of the molecule is OCCCCCCCCCCCCCCCCCCCCCCCCOOOOOOOOOOOO. The Bertz CT molecular complexity index is 360. The highest BCUT2D eigenvalue weighted by atomic mass is 18.0. The molecule has 0 radical (unpaired) electrons. The average molecular weight is 547 g/mol. The number of hydrogen-bond acceptors (Lipinski definition) is 13. The first-order valence-corrected chi connectivity index (χ1v) is 14.0. The van der Waals surface area contributed by atoms with Crippen molar-refractivity contribution in [3.63, 3.8) is 0 Å². The molecule has 0 spiro atoms. The summed E-state index contributed by atoms with van der Waals surface area (Å²) in [6, 6.07) is 0. The van der Waals surface area contributed by atoms with Gasteiger partial charge >= 0.3 is 0 Å². The second-order valence-corrected chi connectivity index (χ2v) is 9.01. The maximum atomic E-state index is 8.76. The molecule has 0 rings (SSSR count). The molecular weight excluding hydrogens is 496 g/mol. The Morgan fingerprint density at radius 2 is 0.568 bits per heavy atom. The summed E-state index contributed by atoms with van der Waals surface area (Å²) in [5, 5.41) is 52.9. The van der Waals surface area contributed by atoms with E-state index in [1.54, 1.807) is 0 Å². The molecule has 0 unspecified atom stereocenters. The van der Waals surface area contributed by atoms with Crippen molar-refractivity contribution in [2.75, 3.05) is 13.2 Å². The lowest BCUT2D eigenvalue weighted by Gasteiger charge is -2.04. The van der Waals surface area contributed by atoms with E-state index in [1.807, 2.05) is 0 Å². The molecule has 0 bridgehead atoms. The topological polar surface area (TPSA) is 142 Å². The van der Waals surface area contributed by atoms with Crippen LogP contribution in [0.1, 0.15) is 141 Å². The van der Waals surface area contributed by atoms with Gasteiger partial charge < -0.3 is 5.11 Å². The van der Waals surface area contributed by atoms with Gasteiger partial charge in [0.1, 0.15) is 0 Å². The van der Waals surface area contributed by atoms with Gasteiger partial charge in [0.25, 0.3) is 0 Å². The number of hydrogen-bond donors (Lipinski definition) is 2. The van der Waals surface area contributed by atoms with Gasteiger partial charge in [0, 0.05) is 6.61 Å². The summed E-state index contributed by atoms with van der Waals surface area (Å²) in [5.41, 5.74) is 0. The monoisotopic (exact) mass is 546 g/mol. The van der Waals surface area contributed by atoms with E-state index in [1.165, 1.54) is 116 Å². The molecule has 0 atom stereocenters. The van der Waals surface area contributed by atoms with Crippen LogP contribution >= 0.6 is 0 Å². The Labute approximate surface area is 220 Å². The lowest BCUT2D eigenvalue weighted by atomic mass is 10.0. The minimum absolute atomic E-state index is 0.336. The second-order valence-electron chi connectivity index (χ2n) is 9.01. The molecule has 0 saturated heterocycles. The first kappa shape index (κ1) is 36.5. The zero-order chi connectivity index (χ0) is 26.7. The molecule has 0 aromatic heterocycles. The van der Waals surface area contributed by atoms with Gasteiger partial charge in [-0.2, -0.15) is 0 Å². The molecule has 0 aliphatic carbocycles. The maximum Gasteiger partial charge on any atom is 0.0855 e. The second kappa shape index (κ2) is 35.5.